The predicted octanol–water partition coefficient (Wildman–Crippen LogP) is 3.46. The lowest BCUT2D eigenvalue weighted by Crippen LogP contribution is -2.36. The number of methoxy groups -OCH3 is 1. The average Bonchev–Trinajstić information content (AvgIpc) is 3.45. The van der Waals surface area contributed by atoms with E-state index in [-0.39, 0.29) is 29.5 Å². The van der Waals surface area contributed by atoms with Crippen molar-refractivity contribution in [3.63, 3.8) is 0 Å². The summed E-state index contributed by atoms with van der Waals surface area (Å²) in [4.78, 5) is 38.0. The maximum Gasteiger partial charge on any atom is 0.300 e. The van der Waals surface area contributed by atoms with Crippen LogP contribution in [0.1, 0.15) is 38.7 Å². The normalized spacial score (nSPS) is 16.1. The minimum atomic E-state index is -0.249. The van der Waals surface area contributed by atoms with Gasteiger partial charge in [0.05, 0.1) is 25.3 Å². The van der Waals surface area contributed by atoms with Crippen molar-refractivity contribution < 1.29 is 14.3 Å². The molecule has 1 aliphatic rings. The fourth-order valence-corrected chi connectivity index (χ4v) is 5.09. The van der Waals surface area contributed by atoms with Crippen LogP contribution in [0, 0.1) is 0 Å². The monoisotopic (exact) mass is 470 g/mol. The molecule has 4 rings (SSSR count). The Bertz CT molecular complexity index is 1160. The number of carbonyl (C=O) groups is 1. The molecule has 1 aromatic carbocycles. The molecule has 0 radical (unpaired) electrons. The van der Waals surface area contributed by atoms with Gasteiger partial charge in [-0.2, -0.15) is 4.98 Å². The number of benzene rings is 1. The predicted molar refractivity (Wildman–Crippen MR) is 129 cm³/mol. The highest BCUT2D eigenvalue weighted by Gasteiger charge is 2.33. The third-order valence-corrected chi connectivity index (χ3v) is 6.69. The maximum absolute atomic E-state index is 13.2. The zero-order valence-electron chi connectivity index (χ0n) is 19.3. The second-order valence-electron chi connectivity index (χ2n) is 8.46. The van der Waals surface area contributed by atoms with Gasteiger partial charge in [0.2, 0.25) is 0 Å². The van der Waals surface area contributed by atoms with Gasteiger partial charge >= 0.3 is 6.01 Å². The molecule has 1 atom stereocenters. The molecular weight excluding hydrogens is 440 g/mol. The summed E-state index contributed by atoms with van der Waals surface area (Å²) in [5.41, 5.74) is 1.22. The number of aryl methyl sites for hydroxylation is 1. The number of ketones is 1. The van der Waals surface area contributed by atoms with Crippen molar-refractivity contribution in [3.05, 3.63) is 46.2 Å². The summed E-state index contributed by atoms with van der Waals surface area (Å²) in [5.74, 6) is 0.213. The number of nitrogens with zero attached hydrogens (tertiary/aromatic N) is 4. The van der Waals surface area contributed by atoms with Crippen molar-refractivity contribution in [1.82, 2.24) is 14.5 Å². The van der Waals surface area contributed by atoms with E-state index in [4.69, 9.17) is 9.47 Å². The topological polar surface area (TPSA) is 86.6 Å². The molecule has 8 nitrogen and oxygen atoms in total. The number of aromatic nitrogens is 3. The van der Waals surface area contributed by atoms with E-state index in [0.29, 0.717) is 35.1 Å². The van der Waals surface area contributed by atoms with Gasteiger partial charge in [0, 0.05) is 20.1 Å². The molecule has 0 N–H and O–H groups in total. The first-order chi connectivity index (χ1) is 16.0. The number of anilines is 1. The van der Waals surface area contributed by atoms with Crippen molar-refractivity contribution >= 4 is 32.6 Å². The van der Waals surface area contributed by atoms with Crippen LogP contribution < -0.4 is 15.2 Å². The van der Waals surface area contributed by atoms with Gasteiger partial charge in [0.15, 0.2) is 21.3 Å². The molecule has 1 saturated heterocycles. The summed E-state index contributed by atoms with van der Waals surface area (Å²) >= 11 is 1.35. The Morgan fingerprint density at radius 1 is 1.24 bits per heavy atom. The minimum Gasteiger partial charge on any atom is -0.462 e. The Balaban J connectivity index is 1.59. The van der Waals surface area contributed by atoms with Gasteiger partial charge in [-0.1, -0.05) is 41.7 Å². The first-order valence-corrected chi connectivity index (χ1v) is 12.2. The van der Waals surface area contributed by atoms with E-state index in [2.05, 4.69) is 9.97 Å². The Kier molecular flexibility index (Phi) is 7.39. The van der Waals surface area contributed by atoms with E-state index in [9.17, 15) is 9.59 Å². The highest BCUT2D eigenvalue weighted by atomic mass is 32.1. The van der Waals surface area contributed by atoms with Gasteiger partial charge in [-0.15, -0.1) is 0 Å². The zero-order chi connectivity index (χ0) is 23.4. The third-order valence-electron chi connectivity index (χ3n) is 5.71. The molecule has 1 fully saturated rings. The molecule has 3 aromatic rings. The Morgan fingerprint density at radius 3 is 2.76 bits per heavy atom. The summed E-state index contributed by atoms with van der Waals surface area (Å²) in [6.45, 7) is 5.23. The molecular formula is C24H30N4O4S. The number of carbonyl (C=O) groups excluding carboxylic acids is 1. The van der Waals surface area contributed by atoms with Gasteiger partial charge in [-0.3, -0.25) is 14.2 Å². The smallest absolute Gasteiger partial charge is 0.300 e. The van der Waals surface area contributed by atoms with Crippen LogP contribution >= 0.6 is 11.3 Å². The number of fused-ring (bicyclic) bond motifs is 1. The largest absolute Gasteiger partial charge is 0.462 e. The molecule has 0 bridgehead atoms. The van der Waals surface area contributed by atoms with E-state index in [1.54, 1.807) is 7.11 Å². The first kappa shape index (κ1) is 23.4. The Labute approximate surface area is 197 Å². The highest BCUT2D eigenvalue weighted by Crippen LogP contribution is 2.33. The summed E-state index contributed by atoms with van der Waals surface area (Å²) in [7, 11) is 1.59. The number of thiazole rings is 1. The molecule has 0 spiro atoms. The van der Waals surface area contributed by atoms with Gasteiger partial charge in [-0.05, 0) is 38.7 Å². The van der Waals surface area contributed by atoms with Crippen LogP contribution in [-0.4, -0.2) is 52.7 Å². The van der Waals surface area contributed by atoms with Crippen LogP contribution in [-0.2, 0) is 22.5 Å². The molecule has 0 unspecified atom stereocenters. The van der Waals surface area contributed by atoms with Crippen LogP contribution in [0.2, 0.25) is 0 Å². The lowest BCUT2D eigenvalue weighted by molar-refractivity contribution is -0.120. The summed E-state index contributed by atoms with van der Waals surface area (Å²) in [5, 5.41) is 0.671. The van der Waals surface area contributed by atoms with Crippen LogP contribution in [0.4, 0.5) is 5.13 Å². The summed E-state index contributed by atoms with van der Waals surface area (Å²) in [6.07, 6.45) is 2.82. The van der Waals surface area contributed by atoms with Crippen molar-refractivity contribution in [2.45, 2.75) is 58.2 Å². The number of Topliss-reactive ketones (excluding diaryl/α,β-unsaturated/α-hetero) is 1. The molecule has 33 heavy (non-hydrogen) atoms. The maximum atomic E-state index is 13.2. The van der Waals surface area contributed by atoms with Crippen LogP contribution in [0.25, 0.3) is 10.3 Å². The van der Waals surface area contributed by atoms with Crippen molar-refractivity contribution in [3.8, 4) is 6.01 Å². The van der Waals surface area contributed by atoms with Gasteiger partial charge in [-0.25, -0.2) is 4.98 Å². The van der Waals surface area contributed by atoms with E-state index in [1.807, 2.05) is 49.1 Å². The van der Waals surface area contributed by atoms with E-state index in [1.165, 1.54) is 15.9 Å². The molecule has 2 aromatic heterocycles. The lowest BCUT2D eigenvalue weighted by atomic mass is 10.0. The number of rotatable bonds is 10. The minimum absolute atomic E-state index is 0.124. The average molecular weight is 471 g/mol. The molecule has 9 heteroatoms. The van der Waals surface area contributed by atoms with Gasteiger partial charge in [0.25, 0.3) is 5.56 Å². The molecule has 1 aliphatic heterocycles. The second kappa shape index (κ2) is 10.4. The van der Waals surface area contributed by atoms with Crippen molar-refractivity contribution in [1.29, 1.82) is 0 Å². The Hall–Kier alpha value is -2.78. The number of hydrogen-bond acceptors (Lipinski definition) is 8. The number of hydrogen-bond donors (Lipinski definition) is 0. The van der Waals surface area contributed by atoms with Crippen LogP contribution in [0.15, 0.2) is 35.1 Å². The standard InChI is InChI=1S/C24H30N4O4S/c1-16(2)32-23-26-21-20(22(30)28(23)14-15-31-3)25-24(33-21)27-13-7-10-18(27)19(29)12-11-17-8-5-4-6-9-17/h4-6,8-9,16,18H,7,10-15H2,1-3H3/t18-/m1/s1. The molecule has 0 saturated carbocycles. The zero-order valence-corrected chi connectivity index (χ0v) is 20.1. The fourth-order valence-electron chi connectivity index (χ4n) is 4.09. The van der Waals surface area contributed by atoms with E-state index < -0.39 is 0 Å². The first-order valence-electron chi connectivity index (χ1n) is 11.4. The quantitative estimate of drug-likeness (QED) is 0.448. The molecule has 0 aliphatic carbocycles. The third kappa shape index (κ3) is 5.25. The van der Waals surface area contributed by atoms with Crippen molar-refractivity contribution in [2.75, 3.05) is 25.2 Å². The molecule has 176 valence electrons. The highest BCUT2D eigenvalue weighted by molar-refractivity contribution is 7.21. The number of ether oxygens (including phenoxy) is 2. The summed E-state index contributed by atoms with van der Waals surface area (Å²) < 4.78 is 12.4. The van der Waals surface area contributed by atoms with E-state index >= 15 is 0 Å². The van der Waals surface area contributed by atoms with Crippen molar-refractivity contribution in [2.24, 2.45) is 0 Å². The summed E-state index contributed by atoms with van der Waals surface area (Å²) in [6, 6.07) is 10.1. The van der Waals surface area contributed by atoms with Gasteiger partial charge < -0.3 is 14.4 Å². The molecule has 3 heterocycles. The van der Waals surface area contributed by atoms with E-state index in [0.717, 1.165) is 31.4 Å². The Morgan fingerprint density at radius 2 is 2.03 bits per heavy atom. The van der Waals surface area contributed by atoms with Crippen LogP contribution in [0.3, 0.4) is 0 Å². The lowest BCUT2D eigenvalue weighted by Gasteiger charge is -2.22. The van der Waals surface area contributed by atoms with Crippen LogP contribution in [0.5, 0.6) is 6.01 Å². The fraction of sp³-hybridized carbons (Fsp3) is 0.500. The SMILES string of the molecule is COCCn1c(OC(C)C)nc2sc(N3CCC[C@@H]3C(=O)CCc3ccccc3)nc2c1=O. The van der Waals surface area contributed by atoms with Gasteiger partial charge in [0.1, 0.15) is 0 Å². The second-order valence-corrected chi connectivity index (χ2v) is 9.42. The molecule has 0 amide bonds.